The number of pyridine rings is 1. The Morgan fingerprint density at radius 3 is 2.53 bits per heavy atom. The predicted octanol–water partition coefficient (Wildman–Crippen LogP) is 2.17. The molecule has 5 nitrogen and oxygen atoms in total. The van der Waals surface area contributed by atoms with Gasteiger partial charge in [-0.3, -0.25) is 4.98 Å². The van der Waals surface area contributed by atoms with E-state index in [4.69, 9.17) is 9.88 Å². The molecule has 2 N–H and O–H groups in total. The zero-order valence-electron chi connectivity index (χ0n) is 11.3. The summed E-state index contributed by atoms with van der Waals surface area (Å²) in [6, 6.07) is 1.78. The second-order valence-electron chi connectivity index (χ2n) is 5.54. The van der Waals surface area contributed by atoms with E-state index in [1.165, 1.54) is 0 Å². The molecule has 0 fully saturated rings. The van der Waals surface area contributed by atoms with E-state index in [9.17, 15) is 8.42 Å². The van der Waals surface area contributed by atoms with Gasteiger partial charge in [-0.15, -0.1) is 0 Å². The molecule has 108 valence electrons. The zero-order valence-corrected chi connectivity index (χ0v) is 13.7. The van der Waals surface area contributed by atoms with E-state index in [-0.39, 0.29) is 23.7 Å². The van der Waals surface area contributed by atoms with Crippen LogP contribution in [0, 0.1) is 11.3 Å². The molecule has 0 spiro atoms. The van der Waals surface area contributed by atoms with Crippen LogP contribution in [0.3, 0.4) is 0 Å². The van der Waals surface area contributed by atoms with Crippen molar-refractivity contribution in [1.29, 1.82) is 0 Å². The van der Waals surface area contributed by atoms with Gasteiger partial charge in [-0.2, -0.15) is 0 Å². The summed E-state index contributed by atoms with van der Waals surface area (Å²) in [6.07, 6.45) is 3.24. The van der Waals surface area contributed by atoms with Crippen LogP contribution < -0.4 is 9.88 Å². The molecule has 7 heteroatoms. The SMILES string of the molecule is CC(C)(C)C(COc1cncc(Br)c1)CS(N)(=O)=O. The third-order valence-electron chi connectivity index (χ3n) is 2.79. The third kappa shape index (κ3) is 6.35. The maximum absolute atomic E-state index is 11.3. The van der Waals surface area contributed by atoms with E-state index in [2.05, 4.69) is 20.9 Å². The van der Waals surface area contributed by atoms with Gasteiger partial charge in [-0.05, 0) is 27.4 Å². The molecular weight excluding hydrogens is 332 g/mol. The van der Waals surface area contributed by atoms with Gasteiger partial charge in [0.25, 0.3) is 0 Å². The summed E-state index contributed by atoms with van der Waals surface area (Å²) in [7, 11) is -3.52. The maximum Gasteiger partial charge on any atom is 0.209 e. The molecule has 1 rings (SSSR count). The van der Waals surface area contributed by atoms with Gasteiger partial charge in [0.1, 0.15) is 5.75 Å². The molecule has 1 aromatic heterocycles. The number of rotatable bonds is 5. The summed E-state index contributed by atoms with van der Waals surface area (Å²) < 4.78 is 28.9. The van der Waals surface area contributed by atoms with Crippen LogP contribution in [0.5, 0.6) is 5.75 Å². The van der Waals surface area contributed by atoms with Gasteiger partial charge < -0.3 is 4.74 Å². The molecule has 0 bridgehead atoms. The summed E-state index contributed by atoms with van der Waals surface area (Å²) in [6.45, 7) is 6.17. The zero-order chi connectivity index (χ0) is 14.7. The van der Waals surface area contributed by atoms with Crippen LogP contribution in [-0.2, 0) is 10.0 Å². The van der Waals surface area contributed by atoms with Crippen LogP contribution in [-0.4, -0.2) is 25.8 Å². The Morgan fingerprint density at radius 1 is 1.42 bits per heavy atom. The number of aromatic nitrogens is 1. The Hall–Kier alpha value is -0.660. The van der Waals surface area contributed by atoms with Crippen LogP contribution in [0.2, 0.25) is 0 Å². The van der Waals surface area contributed by atoms with E-state index < -0.39 is 10.0 Å². The fourth-order valence-corrected chi connectivity index (χ4v) is 3.00. The lowest BCUT2D eigenvalue weighted by Crippen LogP contribution is -2.35. The second-order valence-corrected chi connectivity index (χ2v) is 8.12. The lowest BCUT2D eigenvalue weighted by atomic mass is 9.82. The van der Waals surface area contributed by atoms with Crippen molar-refractivity contribution in [3.05, 3.63) is 22.9 Å². The van der Waals surface area contributed by atoms with Crippen molar-refractivity contribution in [3.8, 4) is 5.75 Å². The summed E-state index contributed by atoms with van der Waals surface area (Å²) in [4.78, 5) is 3.98. The standard InChI is InChI=1S/C12H19BrN2O3S/c1-12(2,3)9(8-19(14,16)17)7-18-11-4-10(13)5-15-6-11/h4-6,9H,7-8H2,1-3H3,(H2,14,16,17). The highest BCUT2D eigenvalue weighted by Gasteiger charge is 2.29. The molecule has 0 aliphatic heterocycles. The molecule has 0 aliphatic carbocycles. The number of nitrogens with zero attached hydrogens (tertiary/aromatic N) is 1. The molecule has 0 aliphatic rings. The van der Waals surface area contributed by atoms with E-state index in [1.54, 1.807) is 18.5 Å². The van der Waals surface area contributed by atoms with Gasteiger partial charge in [0.05, 0.1) is 18.6 Å². The molecule has 0 aromatic carbocycles. The summed E-state index contributed by atoms with van der Waals surface area (Å²) >= 11 is 3.30. The summed E-state index contributed by atoms with van der Waals surface area (Å²) in [5.41, 5.74) is -0.216. The third-order valence-corrected chi connectivity index (χ3v) is 4.09. The first kappa shape index (κ1) is 16.4. The van der Waals surface area contributed by atoms with Gasteiger partial charge in [-0.1, -0.05) is 20.8 Å². The first-order chi connectivity index (χ1) is 8.58. The summed E-state index contributed by atoms with van der Waals surface area (Å²) in [5, 5.41) is 5.12. The Balaban J connectivity index is 2.74. The first-order valence-electron chi connectivity index (χ1n) is 5.82. The number of primary sulfonamides is 1. The van der Waals surface area contributed by atoms with Crippen LogP contribution in [0.4, 0.5) is 0 Å². The largest absolute Gasteiger partial charge is 0.492 e. The predicted molar refractivity (Wildman–Crippen MR) is 78.4 cm³/mol. The average molecular weight is 351 g/mol. The van der Waals surface area contributed by atoms with Gasteiger partial charge >= 0.3 is 0 Å². The molecule has 19 heavy (non-hydrogen) atoms. The Morgan fingerprint density at radius 2 is 2.05 bits per heavy atom. The molecule has 0 saturated carbocycles. The molecule has 1 heterocycles. The number of sulfonamides is 1. The molecule has 0 radical (unpaired) electrons. The lowest BCUT2D eigenvalue weighted by molar-refractivity contribution is 0.163. The molecule has 0 amide bonds. The van der Waals surface area contributed by atoms with E-state index in [0.29, 0.717) is 5.75 Å². The lowest BCUT2D eigenvalue weighted by Gasteiger charge is -2.29. The molecule has 1 atom stereocenters. The highest BCUT2D eigenvalue weighted by Crippen LogP contribution is 2.28. The molecule has 0 saturated heterocycles. The Kier molecular flexibility index (Phi) is 5.34. The van der Waals surface area contributed by atoms with E-state index in [1.807, 2.05) is 20.8 Å². The van der Waals surface area contributed by atoms with Crippen molar-refractivity contribution in [2.24, 2.45) is 16.5 Å². The minimum atomic E-state index is -3.52. The Bertz CT molecular complexity index is 526. The van der Waals surface area contributed by atoms with E-state index in [0.717, 1.165) is 4.47 Å². The number of nitrogens with two attached hydrogens (primary N) is 1. The summed E-state index contributed by atoms with van der Waals surface area (Å²) in [5.74, 6) is 0.303. The van der Waals surface area contributed by atoms with E-state index >= 15 is 0 Å². The molecule has 1 aromatic rings. The number of ether oxygens (including phenoxy) is 1. The fraction of sp³-hybridized carbons (Fsp3) is 0.583. The van der Waals surface area contributed by atoms with Crippen molar-refractivity contribution < 1.29 is 13.2 Å². The number of hydrogen-bond acceptors (Lipinski definition) is 4. The molecule has 1 unspecified atom stereocenters. The van der Waals surface area contributed by atoms with Gasteiger partial charge in [0, 0.05) is 16.6 Å². The minimum Gasteiger partial charge on any atom is -0.492 e. The van der Waals surface area contributed by atoms with Gasteiger partial charge in [-0.25, -0.2) is 13.6 Å². The normalized spacial score (nSPS) is 14.2. The average Bonchev–Trinajstić information content (AvgIpc) is 2.21. The first-order valence-corrected chi connectivity index (χ1v) is 8.32. The monoisotopic (exact) mass is 350 g/mol. The topological polar surface area (TPSA) is 82.3 Å². The Labute approximate surface area is 122 Å². The van der Waals surface area contributed by atoms with Crippen molar-refractivity contribution in [2.75, 3.05) is 12.4 Å². The number of halogens is 1. The maximum atomic E-state index is 11.3. The van der Waals surface area contributed by atoms with Crippen molar-refractivity contribution in [3.63, 3.8) is 0 Å². The number of hydrogen-bond donors (Lipinski definition) is 1. The smallest absolute Gasteiger partial charge is 0.209 e. The van der Waals surface area contributed by atoms with Crippen LogP contribution in [0.15, 0.2) is 22.9 Å². The van der Waals surface area contributed by atoms with Crippen LogP contribution >= 0.6 is 15.9 Å². The van der Waals surface area contributed by atoms with Crippen molar-refractivity contribution >= 4 is 26.0 Å². The molecular formula is C12H19BrN2O3S. The fourth-order valence-electron chi connectivity index (χ4n) is 1.50. The second kappa shape index (κ2) is 6.19. The van der Waals surface area contributed by atoms with Crippen LogP contribution in [0.25, 0.3) is 0 Å². The minimum absolute atomic E-state index is 0.0993. The highest BCUT2D eigenvalue weighted by atomic mass is 79.9. The van der Waals surface area contributed by atoms with Crippen molar-refractivity contribution in [2.45, 2.75) is 20.8 Å². The van der Waals surface area contributed by atoms with Gasteiger partial charge in [0.2, 0.25) is 10.0 Å². The van der Waals surface area contributed by atoms with Crippen molar-refractivity contribution in [1.82, 2.24) is 4.98 Å². The van der Waals surface area contributed by atoms with Gasteiger partial charge in [0.15, 0.2) is 0 Å². The highest BCUT2D eigenvalue weighted by molar-refractivity contribution is 9.10. The quantitative estimate of drug-likeness (QED) is 0.881. The van der Waals surface area contributed by atoms with Crippen LogP contribution in [0.1, 0.15) is 20.8 Å².